The summed E-state index contributed by atoms with van der Waals surface area (Å²) in [6.07, 6.45) is 6.29. The Bertz CT molecular complexity index is 625. The summed E-state index contributed by atoms with van der Waals surface area (Å²) in [5.74, 6) is 1.62. The Hall–Kier alpha value is -2.10. The maximum Gasteiger partial charge on any atom is 0.223 e. The van der Waals surface area contributed by atoms with Gasteiger partial charge < -0.3 is 9.32 Å². The summed E-state index contributed by atoms with van der Waals surface area (Å²) in [6.45, 7) is 3.86. The maximum absolute atomic E-state index is 12.1. The van der Waals surface area contributed by atoms with Crippen LogP contribution in [0.5, 0.6) is 0 Å². The fraction of sp³-hybridized carbons (Fsp3) is 0.444. The Morgan fingerprint density at radius 2 is 1.91 bits per heavy atom. The zero-order chi connectivity index (χ0) is 15.4. The Balaban J connectivity index is 1.57. The monoisotopic (exact) mass is 298 g/mol. The molecule has 0 saturated carbocycles. The van der Waals surface area contributed by atoms with Gasteiger partial charge in [0.25, 0.3) is 0 Å². The van der Waals surface area contributed by atoms with Crippen molar-refractivity contribution in [3.05, 3.63) is 41.9 Å². The molecule has 1 fully saturated rings. The first-order valence-electron chi connectivity index (χ1n) is 8.02. The first kappa shape index (κ1) is 14.8. The van der Waals surface area contributed by atoms with Gasteiger partial charge in [-0.15, -0.1) is 0 Å². The van der Waals surface area contributed by atoms with Crippen LogP contribution < -0.4 is 0 Å². The predicted molar refractivity (Wildman–Crippen MR) is 85.4 cm³/mol. The van der Waals surface area contributed by atoms with E-state index in [1.54, 1.807) is 6.20 Å². The highest BCUT2D eigenvalue weighted by atomic mass is 16.4. The molecule has 0 atom stereocenters. The molecule has 4 heteroatoms. The van der Waals surface area contributed by atoms with Gasteiger partial charge in [0.2, 0.25) is 5.91 Å². The lowest BCUT2D eigenvalue weighted by molar-refractivity contribution is -0.132. The highest BCUT2D eigenvalue weighted by molar-refractivity contribution is 5.76. The molecule has 2 heterocycles. The van der Waals surface area contributed by atoms with Crippen LogP contribution in [0.1, 0.15) is 37.1 Å². The van der Waals surface area contributed by atoms with Gasteiger partial charge in [-0.25, -0.2) is 4.98 Å². The number of hydrogen-bond donors (Lipinski definition) is 0. The molecule has 2 aromatic rings. The molecule has 1 aliphatic rings. The van der Waals surface area contributed by atoms with Crippen molar-refractivity contribution >= 4 is 5.91 Å². The van der Waals surface area contributed by atoms with Gasteiger partial charge in [-0.1, -0.05) is 29.8 Å². The van der Waals surface area contributed by atoms with Crippen LogP contribution in [0.2, 0.25) is 0 Å². The van der Waals surface area contributed by atoms with Crippen molar-refractivity contribution in [2.45, 2.75) is 39.0 Å². The number of hydrogen-bond acceptors (Lipinski definition) is 3. The first-order valence-corrected chi connectivity index (χ1v) is 8.02. The standard InChI is InChI=1S/C18H22N2O2/c1-14-5-7-15(8-6-14)16-13-19-17(22-16)9-10-18(21)20-11-3-2-4-12-20/h5-8,13H,2-4,9-12H2,1H3. The molecule has 22 heavy (non-hydrogen) atoms. The predicted octanol–water partition coefficient (Wildman–Crippen LogP) is 3.60. The van der Waals surface area contributed by atoms with Gasteiger partial charge in [0.05, 0.1) is 6.20 Å². The van der Waals surface area contributed by atoms with Crippen molar-refractivity contribution in [2.24, 2.45) is 0 Å². The van der Waals surface area contributed by atoms with Crippen molar-refractivity contribution in [1.82, 2.24) is 9.88 Å². The summed E-state index contributed by atoms with van der Waals surface area (Å²) in [4.78, 5) is 18.4. The van der Waals surface area contributed by atoms with Gasteiger partial charge in [0, 0.05) is 31.5 Å². The minimum atomic E-state index is 0.217. The zero-order valence-electron chi connectivity index (χ0n) is 13.0. The lowest BCUT2D eigenvalue weighted by Gasteiger charge is -2.26. The molecule has 1 amide bonds. The minimum Gasteiger partial charge on any atom is -0.441 e. The maximum atomic E-state index is 12.1. The van der Waals surface area contributed by atoms with Gasteiger partial charge in [-0.2, -0.15) is 0 Å². The normalized spacial score (nSPS) is 15.0. The molecular weight excluding hydrogens is 276 g/mol. The second-order valence-corrected chi connectivity index (χ2v) is 5.93. The molecule has 1 aliphatic heterocycles. The van der Waals surface area contributed by atoms with E-state index in [1.807, 2.05) is 17.0 Å². The fourth-order valence-electron chi connectivity index (χ4n) is 2.79. The highest BCUT2D eigenvalue weighted by Crippen LogP contribution is 2.21. The Morgan fingerprint density at radius 3 is 2.64 bits per heavy atom. The van der Waals surface area contributed by atoms with Crippen LogP contribution in [0, 0.1) is 6.92 Å². The summed E-state index contributed by atoms with van der Waals surface area (Å²) >= 11 is 0. The lowest BCUT2D eigenvalue weighted by Crippen LogP contribution is -2.35. The molecule has 0 aliphatic carbocycles. The van der Waals surface area contributed by atoms with Crippen molar-refractivity contribution in [1.29, 1.82) is 0 Å². The van der Waals surface area contributed by atoms with E-state index in [0.29, 0.717) is 18.7 Å². The molecule has 0 bridgehead atoms. The van der Waals surface area contributed by atoms with E-state index >= 15 is 0 Å². The van der Waals surface area contributed by atoms with Crippen LogP contribution in [0.15, 0.2) is 34.9 Å². The van der Waals surface area contributed by atoms with Gasteiger partial charge in [0.15, 0.2) is 11.7 Å². The second kappa shape index (κ2) is 6.77. The quantitative estimate of drug-likeness (QED) is 0.866. The number of amides is 1. The third-order valence-electron chi connectivity index (χ3n) is 4.15. The summed E-state index contributed by atoms with van der Waals surface area (Å²) in [7, 11) is 0. The van der Waals surface area contributed by atoms with E-state index in [4.69, 9.17) is 4.42 Å². The number of likely N-dealkylation sites (tertiary alicyclic amines) is 1. The molecule has 1 saturated heterocycles. The molecule has 0 unspecified atom stereocenters. The number of oxazole rings is 1. The Labute approximate surface area is 131 Å². The van der Waals surface area contributed by atoms with Crippen molar-refractivity contribution < 1.29 is 9.21 Å². The molecule has 4 nitrogen and oxygen atoms in total. The molecule has 0 N–H and O–H groups in total. The van der Waals surface area contributed by atoms with E-state index in [-0.39, 0.29) is 5.91 Å². The lowest BCUT2D eigenvalue weighted by atomic mass is 10.1. The molecule has 1 aromatic carbocycles. The van der Waals surface area contributed by atoms with Crippen molar-refractivity contribution in [3.63, 3.8) is 0 Å². The summed E-state index contributed by atoms with van der Waals surface area (Å²) in [5, 5.41) is 0. The summed E-state index contributed by atoms with van der Waals surface area (Å²) in [5.41, 5.74) is 2.24. The number of nitrogens with zero attached hydrogens (tertiary/aromatic N) is 2. The van der Waals surface area contributed by atoms with Crippen molar-refractivity contribution in [2.75, 3.05) is 13.1 Å². The van der Waals surface area contributed by atoms with Crippen LogP contribution >= 0.6 is 0 Å². The van der Waals surface area contributed by atoms with E-state index in [2.05, 4.69) is 24.0 Å². The Morgan fingerprint density at radius 1 is 1.18 bits per heavy atom. The minimum absolute atomic E-state index is 0.217. The largest absolute Gasteiger partial charge is 0.441 e. The number of carbonyl (C=O) groups is 1. The molecule has 0 spiro atoms. The molecule has 116 valence electrons. The average Bonchev–Trinajstić information content (AvgIpc) is 3.03. The SMILES string of the molecule is Cc1ccc(-c2cnc(CCC(=O)N3CCCCC3)o2)cc1. The van der Waals surface area contributed by atoms with E-state index < -0.39 is 0 Å². The van der Waals surface area contributed by atoms with Crippen molar-refractivity contribution in [3.8, 4) is 11.3 Å². The van der Waals surface area contributed by atoms with Gasteiger partial charge >= 0.3 is 0 Å². The first-order chi connectivity index (χ1) is 10.7. The average molecular weight is 298 g/mol. The van der Waals surface area contributed by atoms with Crippen LogP contribution in [0.25, 0.3) is 11.3 Å². The van der Waals surface area contributed by atoms with E-state index in [9.17, 15) is 4.79 Å². The molecule has 3 rings (SSSR count). The summed E-state index contributed by atoms with van der Waals surface area (Å²) < 4.78 is 5.77. The smallest absolute Gasteiger partial charge is 0.223 e. The number of aromatic nitrogens is 1. The van der Waals surface area contributed by atoms with Gasteiger partial charge in [0.1, 0.15) is 0 Å². The van der Waals surface area contributed by atoms with Crippen LogP contribution in [-0.2, 0) is 11.2 Å². The third kappa shape index (κ3) is 3.56. The second-order valence-electron chi connectivity index (χ2n) is 5.93. The molecular formula is C18H22N2O2. The van der Waals surface area contributed by atoms with Crippen LogP contribution in [0.4, 0.5) is 0 Å². The van der Waals surface area contributed by atoms with Crippen LogP contribution in [0.3, 0.4) is 0 Å². The number of piperidine rings is 1. The number of rotatable bonds is 4. The zero-order valence-corrected chi connectivity index (χ0v) is 13.0. The van der Waals surface area contributed by atoms with Crippen LogP contribution in [-0.4, -0.2) is 28.9 Å². The fourth-order valence-corrected chi connectivity index (χ4v) is 2.79. The van der Waals surface area contributed by atoms with E-state index in [1.165, 1.54) is 12.0 Å². The third-order valence-corrected chi connectivity index (χ3v) is 4.15. The highest BCUT2D eigenvalue weighted by Gasteiger charge is 2.17. The van der Waals surface area contributed by atoms with E-state index in [0.717, 1.165) is 37.3 Å². The molecule has 0 radical (unpaired) electrons. The number of carbonyl (C=O) groups excluding carboxylic acids is 1. The molecule has 1 aromatic heterocycles. The van der Waals surface area contributed by atoms with Gasteiger partial charge in [-0.05, 0) is 26.2 Å². The number of aryl methyl sites for hydroxylation is 2. The topological polar surface area (TPSA) is 46.3 Å². The summed E-state index contributed by atoms with van der Waals surface area (Å²) in [6, 6.07) is 8.16. The Kier molecular flexibility index (Phi) is 4.56. The van der Waals surface area contributed by atoms with Gasteiger partial charge in [-0.3, -0.25) is 4.79 Å². The number of benzene rings is 1.